The van der Waals surface area contributed by atoms with Gasteiger partial charge in [0.05, 0.1) is 12.8 Å². The molecule has 3 heterocycles. The maximum absolute atomic E-state index is 13.2. The summed E-state index contributed by atoms with van der Waals surface area (Å²) in [5.74, 6) is 0.410. The van der Waals surface area contributed by atoms with E-state index in [2.05, 4.69) is 10.3 Å². The molecule has 0 aliphatic carbocycles. The third-order valence-electron chi connectivity index (χ3n) is 5.08. The van der Waals surface area contributed by atoms with Crippen LogP contribution in [-0.4, -0.2) is 33.6 Å². The monoisotopic (exact) mass is 432 g/mol. The van der Waals surface area contributed by atoms with Crippen LogP contribution >= 0.6 is 12.2 Å². The van der Waals surface area contributed by atoms with Crippen LogP contribution in [0.3, 0.4) is 0 Å². The lowest BCUT2D eigenvalue weighted by Crippen LogP contribution is -2.54. The van der Waals surface area contributed by atoms with E-state index >= 15 is 0 Å². The molecule has 0 unspecified atom stereocenters. The van der Waals surface area contributed by atoms with Crippen molar-refractivity contribution in [3.05, 3.63) is 77.3 Å². The second-order valence-corrected chi connectivity index (χ2v) is 7.39. The second kappa shape index (κ2) is 8.16. The predicted octanol–water partition coefficient (Wildman–Crippen LogP) is 3.33. The topological polar surface area (TPSA) is 76.5 Å². The van der Waals surface area contributed by atoms with Gasteiger partial charge >= 0.3 is 0 Å². The summed E-state index contributed by atoms with van der Waals surface area (Å²) in [5, 5.41) is 2.65. The lowest BCUT2D eigenvalue weighted by Gasteiger charge is -2.29. The fraction of sp³-hybridized carbons (Fsp3) is 0.130. The van der Waals surface area contributed by atoms with Crippen molar-refractivity contribution in [3.63, 3.8) is 0 Å². The first-order valence-corrected chi connectivity index (χ1v) is 9.97. The van der Waals surface area contributed by atoms with Crippen molar-refractivity contribution in [3.8, 4) is 11.6 Å². The zero-order chi connectivity index (χ0) is 22.1. The first-order chi connectivity index (χ1) is 14.9. The van der Waals surface area contributed by atoms with Crippen molar-refractivity contribution >= 4 is 40.9 Å². The summed E-state index contributed by atoms with van der Waals surface area (Å²) in [6.07, 6.45) is 3.32. The Kier molecular flexibility index (Phi) is 5.39. The van der Waals surface area contributed by atoms with E-state index in [0.29, 0.717) is 11.4 Å². The average molecular weight is 433 g/mol. The van der Waals surface area contributed by atoms with Crippen LogP contribution in [0.1, 0.15) is 17.0 Å². The van der Waals surface area contributed by atoms with Crippen LogP contribution in [0.5, 0.6) is 5.75 Å². The molecule has 1 N–H and O–H groups in total. The minimum Gasteiger partial charge on any atom is -0.497 e. The molecule has 7 nitrogen and oxygen atoms in total. The molecule has 3 aromatic rings. The van der Waals surface area contributed by atoms with Gasteiger partial charge in [0.1, 0.15) is 17.1 Å². The first-order valence-electron chi connectivity index (χ1n) is 9.56. The number of hydrogen-bond donors (Lipinski definition) is 1. The number of thiocarbonyl (C=S) groups is 1. The largest absolute Gasteiger partial charge is 0.497 e. The molecule has 2 amide bonds. The third kappa shape index (κ3) is 3.73. The Hall–Kier alpha value is -3.78. The van der Waals surface area contributed by atoms with Gasteiger partial charge in [0, 0.05) is 17.6 Å². The maximum Gasteiger partial charge on any atom is 0.270 e. The predicted molar refractivity (Wildman–Crippen MR) is 122 cm³/mol. The van der Waals surface area contributed by atoms with Gasteiger partial charge in [-0.15, -0.1) is 0 Å². The average Bonchev–Trinajstić information content (AvgIpc) is 3.05. The summed E-state index contributed by atoms with van der Waals surface area (Å²) in [4.78, 5) is 31.6. The summed E-state index contributed by atoms with van der Waals surface area (Å²) in [6.45, 7) is 3.87. The Morgan fingerprint density at radius 1 is 1.10 bits per heavy atom. The Balaban J connectivity index is 1.74. The van der Waals surface area contributed by atoms with Crippen molar-refractivity contribution in [2.45, 2.75) is 13.8 Å². The Morgan fingerprint density at radius 3 is 2.48 bits per heavy atom. The quantitative estimate of drug-likeness (QED) is 0.389. The number of carbonyl (C=O) groups excluding carboxylic acids is 2. The number of nitrogens with one attached hydrogen (secondary N) is 1. The highest BCUT2D eigenvalue weighted by Crippen LogP contribution is 2.26. The molecule has 1 saturated heterocycles. The summed E-state index contributed by atoms with van der Waals surface area (Å²) in [5.41, 5.74) is 3.11. The molecular weight excluding hydrogens is 412 g/mol. The molecule has 31 heavy (non-hydrogen) atoms. The Bertz CT molecular complexity index is 1210. The summed E-state index contributed by atoms with van der Waals surface area (Å²) in [7, 11) is 1.56. The van der Waals surface area contributed by atoms with Gasteiger partial charge in [0.15, 0.2) is 5.11 Å². The van der Waals surface area contributed by atoms with Crippen molar-refractivity contribution in [2.24, 2.45) is 0 Å². The summed E-state index contributed by atoms with van der Waals surface area (Å²) in [6, 6.07) is 14.5. The lowest BCUT2D eigenvalue weighted by molar-refractivity contribution is -0.122. The molecule has 8 heteroatoms. The van der Waals surface area contributed by atoms with Gasteiger partial charge in [-0.1, -0.05) is 6.07 Å². The van der Waals surface area contributed by atoms with E-state index in [0.717, 1.165) is 22.8 Å². The van der Waals surface area contributed by atoms with Gasteiger partial charge in [-0.3, -0.25) is 19.8 Å². The van der Waals surface area contributed by atoms with Gasteiger partial charge in [0.25, 0.3) is 11.8 Å². The molecule has 2 aromatic heterocycles. The first kappa shape index (κ1) is 20.5. The van der Waals surface area contributed by atoms with Crippen molar-refractivity contribution in [2.75, 3.05) is 12.0 Å². The molecule has 156 valence electrons. The van der Waals surface area contributed by atoms with E-state index in [1.807, 2.05) is 42.7 Å². The van der Waals surface area contributed by atoms with Crippen molar-refractivity contribution in [1.29, 1.82) is 0 Å². The molecular formula is C23H20N4O3S. The molecule has 0 saturated carbocycles. The number of amides is 2. The van der Waals surface area contributed by atoms with E-state index in [4.69, 9.17) is 17.0 Å². The van der Waals surface area contributed by atoms with Crippen molar-refractivity contribution < 1.29 is 14.3 Å². The van der Waals surface area contributed by atoms with Gasteiger partial charge in [-0.25, -0.2) is 4.98 Å². The number of aromatic nitrogens is 2. The van der Waals surface area contributed by atoms with Gasteiger partial charge in [-0.05, 0) is 80.2 Å². The molecule has 1 aliphatic heterocycles. The highest BCUT2D eigenvalue weighted by Gasteiger charge is 2.34. The minimum absolute atomic E-state index is 0.00527. The number of rotatable bonds is 4. The van der Waals surface area contributed by atoms with Crippen LogP contribution in [0.2, 0.25) is 0 Å². The molecule has 0 bridgehead atoms. The van der Waals surface area contributed by atoms with E-state index in [1.54, 1.807) is 43.6 Å². The fourth-order valence-corrected chi connectivity index (χ4v) is 3.83. The number of ether oxygens (including phenoxy) is 1. The van der Waals surface area contributed by atoms with Gasteiger partial charge < -0.3 is 9.30 Å². The number of anilines is 1. The number of hydrogen-bond acceptors (Lipinski definition) is 5. The van der Waals surface area contributed by atoms with Gasteiger partial charge in [-0.2, -0.15) is 0 Å². The molecule has 1 aromatic carbocycles. The van der Waals surface area contributed by atoms with Gasteiger partial charge in [0.2, 0.25) is 0 Å². The number of nitrogens with zero attached hydrogens (tertiary/aromatic N) is 3. The Labute approximate surface area is 185 Å². The fourth-order valence-electron chi connectivity index (χ4n) is 3.55. The molecule has 1 fully saturated rings. The van der Waals surface area contributed by atoms with Crippen LogP contribution in [0, 0.1) is 13.8 Å². The smallest absolute Gasteiger partial charge is 0.270 e. The SMILES string of the molecule is COc1ccc(N2C(=O)/C(=C/c3cc(C)n(-c4ccccn4)c3C)C(=O)NC2=S)cc1. The van der Waals surface area contributed by atoms with E-state index in [9.17, 15) is 9.59 Å². The van der Waals surface area contributed by atoms with Crippen LogP contribution in [0.4, 0.5) is 5.69 Å². The molecule has 0 atom stereocenters. The Morgan fingerprint density at radius 2 is 1.84 bits per heavy atom. The minimum atomic E-state index is -0.526. The third-order valence-corrected chi connectivity index (χ3v) is 5.37. The summed E-state index contributed by atoms with van der Waals surface area (Å²) >= 11 is 5.26. The maximum atomic E-state index is 13.2. The molecule has 0 spiro atoms. The second-order valence-electron chi connectivity index (χ2n) is 7.01. The van der Waals surface area contributed by atoms with Crippen LogP contribution < -0.4 is 15.0 Å². The zero-order valence-corrected chi connectivity index (χ0v) is 18.1. The number of benzene rings is 1. The lowest BCUT2D eigenvalue weighted by atomic mass is 10.1. The van der Waals surface area contributed by atoms with E-state index in [1.165, 1.54) is 4.90 Å². The number of carbonyl (C=O) groups is 2. The molecule has 0 radical (unpaired) electrons. The highest BCUT2D eigenvalue weighted by molar-refractivity contribution is 7.80. The standard InChI is InChI=1S/C23H20N4O3S/c1-14-12-16(15(2)26(14)20-6-4-5-11-24-20)13-19-21(28)25-23(31)27(22(19)29)17-7-9-18(30-3)10-8-17/h4-13H,1-3H3,(H,25,28,31)/b19-13+. The van der Waals surface area contributed by atoms with Crippen LogP contribution in [0.25, 0.3) is 11.9 Å². The normalized spacial score (nSPS) is 15.4. The van der Waals surface area contributed by atoms with Crippen LogP contribution in [-0.2, 0) is 9.59 Å². The number of pyridine rings is 1. The van der Waals surface area contributed by atoms with E-state index in [-0.39, 0.29) is 10.7 Å². The number of aryl methyl sites for hydroxylation is 1. The molecule has 4 rings (SSSR count). The summed E-state index contributed by atoms with van der Waals surface area (Å²) < 4.78 is 7.14. The highest BCUT2D eigenvalue weighted by atomic mass is 32.1. The zero-order valence-electron chi connectivity index (χ0n) is 17.2. The van der Waals surface area contributed by atoms with Crippen LogP contribution in [0.15, 0.2) is 60.3 Å². The molecule has 1 aliphatic rings. The van der Waals surface area contributed by atoms with Crippen molar-refractivity contribution in [1.82, 2.24) is 14.9 Å². The van der Waals surface area contributed by atoms with E-state index < -0.39 is 11.8 Å². The number of methoxy groups -OCH3 is 1.